The van der Waals surface area contributed by atoms with Crippen molar-refractivity contribution in [3.63, 3.8) is 0 Å². The van der Waals surface area contributed by atoms with Crippen molar-refractivity contribution in [1.82, 2.24) is 5.32 Å². The van der Waals surface area contributed by atoms with Gasteiger partial charge in [0.2, 0.25) is 0 Å². The van der Waals surface area contributed by atoms with E-state index in [4.69, 9.17) is 0 Å². The van der Waals surface area contributed by atoms with Gasteiger partial charge in [-0.2, -0.15) is 5.26 Å². The molecule has 1 aliphatic carbocycles. The van der Waals surface area contributed by atoms with Crippen molar-refractivity contribution in [1.29, 1.82) is 5.26 Å². The number of rotatable bonds is 2. The predicted octanol–water partition coefficient (Wildman–Crippen LogP) is 3.09. The van der Waals surface area contributed by atoms with Gasteiger partial charge in [0.1, 0.15) is 11.4 Å². The first kappa shape index (κ1) is 13.5. The van der Waals surface area contributed by atoms with E-state index in [1.807, 2.05) is 0 Å². The fourth-order valence-corrected chi connectivity index (χ4v) is 2.58. The lowest BCUT2D eigenvalue weighted by Crippen LogP contribution is -2.48. The average molecular weight is 260 g/mol. The zero-order chi connectivity index (χ0) is 13.9. The number of nitrogens with one attached hydrogen (secondary N) is 1. The molecule has 1 aromatic rings. The van der Waals surface area contributed by atoms with Gasteiger partial charge in [-0.1, -0.05) is 19.3 Å². The summed E-state index contributed by atoms with van der Waals surface area (Å²) in [5, 5.41) is 12.1. The summed E-state index contributed by atoms with van der Waals surface area (Å²) < 4.78 is 13.3. The number of nitrogens with zero attached hydrogens (tertiary/aromatic N) is 1. The molecule has 4 heteroatoms. The van der Waals surface area contributed by atoms with E-state index in [2.05, 4.69) is 11.4 Å². The van der Waals surface area contributed by atoms with Gasteiger partial charge in [0.05, 0.1) is 6.07 Å². The Bertz CT molecular complexity index is 507. The first-order valence-corrected chi connectivity index (χ1v) is 6.56. The molecule has 0 spiro atoms. The molecule has 0 aromatic heterocycles. The summed E-state index contributed by atoms with van der Waals surface area (Å²) in [5.41, 5.74) is 0.188. The van der Waals surface area contributed by atoms with Crippen LogP contribution in [0.4, 0.5) is 4.39 Å². The zero-order valence-electron chi connectivity index (χ0n) is 11.0. The molecular weight excluding hydrogens is 243 g/mol. The van der Waals surface area contributed by atoms with Crippen LogP contribution in [-0.2, 0) is 0 Å². The second kappa shape index (κ2) is 5.40. The molecule has 0 bridgehead atoms. The number of hydrogen-bond acceptors (Lipinski definition) is 2. The van der Waals surface area contributed by atoms with Crippen molar-refractivity contribution in [3.8, 4) is 6.07 Å². The summed E-state index contributed by atoms with van der Waals surface area (Å²) in [6, 6.07) is 6.43. The Balaban J connectivity index is 2.18. The number of benzene rings is 1. The summed E-state index contributed by atoms with van der Waals surface area (Å²) in [4.78, 5) is 12.2. The van der Waals surface area contributed by atoms with E-state index in [1.54, 1.807) is 13.0 Å². The quantitative estimate of drug-likeness (QED) is 0.888. The first-order chi connectivity index (χ1) is 9.04. The Hall–Kier alpha value is -1.89. The predicted molar refractivity (Wildman–Crippen MR) is 70.0 cm³/mol. The van der Waals surface area contributed by atoms with Crippen LogP contribution in [0.2, 0.25) is 0 Å². The minimum atomic E-state index is -0.782. The largest absolute Gasteiger partial charge is 0.334 e. The molecule has 0 aliphatic heterocycles. The Morgan fingerprint density at radius 2 is 2.00 bits per heavy atom. The highest BCUT2D eigenvalue weighted by Gasteiger charge is 2.33. The van der Waals surface area contributed by atoms with E-state index in [9.17, 15) is 14.4 Å². The van der Waals surface area contributed by atoms with Crippen molar-refractivity contribution < 1.29 is 9.18 Å². The lowest BCUT2D eigenvalue weighted by Gasteiger charge is -2.31. The summed E-state index contributed by atoms with van der Waals surface area (Å²) in [6.45, 7) is 1.74. The van der Waals surface area contributed by atoms with Crippen LogP contribution in [0, 0.1) is 24.1 Å². The summed E-state index contributed by atoms with van der Waals surface area (Å²) in [6.07, 6.45) is 4.32. The topological polar surface area (TPSA) is 52.9 Å². The maximum atomic E-state index is 13.3. The van der Waals surface area contributed by atoms with Crippen LogP contribution < -0.4 is 5.32 Å². The molecule has 0 atom stereocenters. The molecule has 0 saturated heterocycles. The van der Waals surface area contributed by atoms with E-state index < -0.39 is 11.4 Å². The number of carbonyl (C=O) groups excluding carboxylic acids is 1. The highest BCUT2D eigenvalue weighted by Crippen LogP contribution is 2.28. The second-order valence-corrected chi connectivity index (χ2v) is 5.23. The van der Waals surface area contributed by atoms with Crippen molar-refractivity contribution in [2.24, 2.45) is 0 Å². The molecule has 0 radical (unpaired) electrons. The Morgan fingerprint density at radius 1 is 1.32 bits per heavy atom. The molecule has 1 aliphatic rings. The SMILES string of the molecule is Cc1cc(F)cc(C(=O)NC2(C#N)CCCCC2)c1. The van der Waals surface area contributed by atoms with Crippen molar-refractivity contribution in [2.75, 3.05) is 0 Å². The third-order valence-electron chi connectivity index (χ3n) is 3.58. The monoisotopic (exact) mass is 260 g/mol. The number of halogens is 1. The van der Waals surface area contributed by atoms with Crippen LogP contribution in [0.25, 0.3) is 0 Å². The van der Waals surface area contributed by atoms with Crippen molar-refractivity contribution in [3.05, 3.63) is 35.1 Å². The molecule has 1 saturated carbocycles. The zero-order valence-corrected chi connectivity index (χ0v) is 11.0. The van der Waals surface area contributed by atoms with Crippen molar-refractivity contribution >= 4 is 5.91 Å². The first-order valence-electron chi connectivity index (χ1n) is 6.56. The highest BCUT2D eigenvalue weighted by atomic mass is 19.1. The van der Waals surface area contributed by atoms with Gasteiger partial charge in [-0.15, -0.1) is 0 Å². The Morgan fingerprint density at radius 3 is 2.58 bits per heavy atom. The Labute approximate surface area is 112 Å². The van der Waals surface area contributed by atoms with Gasteiger partial charge in [0, 0.05) is 5.56 Å². The van der Waals surface area contributed by atoms with Crippen LogP contribution in [0.3, 0.4) is 0 Å². The molecule has 100 valence electrons. The standard InChI is InChI=1S/C15H17FN2O/c1-11-7-12(9-13(16)8-11)14(19)18-15(10-17)5-3-2-4-6-15/h7-9H,2-6H2,1H3,(H,18,19). The normalized spacial score (nSPS) is 17.5. The Kier molecular flexibility index (Phi) is 3.84. The minimum absolute atomic E-state index is 0.276. The van der Waals surface area contributed by atoms with Gasteiger partial charge < -0.3 is 5.32 Å². The van der Waals surface area contributed by atoms with E-state index >= 15 is 0 Å². The fourth-order valence-electron chi connectivity index (χ4n) is 2.58. The second-order valence-electron chi connectivity index (χ2n) is 5.23. The number of aryl methyl sites for hydroxylation is 1. The van der Waals surface area contributed by atoms with Gasteiger partial charge >= 0.3 is 0 Å². The molecular formula is C15H17FN2O. The lowest BCUT2D eigenvalue weighted by atomic mass is 9.82. The van der Waals surface area contributed by atoms with Gasteiger partial charge in [-0.05, 0) is 43.5 Å². The van der Waals surface area contributed by atoms with Crippen LogP contribution in [0.1, 0.15) is 48.0 Å². The van der Waals surface area contributed by atoms with E-state index in [-0.39, 0.29) is 11.5 Å². The van der Waals surface area contributed by atoms with Gasteiger partial charge in [-0.3, -0.25) is 4.79 Å². The van der Waals surface area contributed by atoms with Gasteiger partial charge in [-0.25, -0.2) is 4.39 Å². The van der Waals surface area contributed by atoms with E-state index in [1.165, 1.54) is 12.1 Å². The van der Waals surface area contributed by atoms with Gasteiger partial charge in [0.15, 0.2) is 0 Å². The molecule has 0 unspecified atom stereocenters. The lowest BCUT2D eigenvalue weighted by molar-refractivity contribution is 0.0902. The van der Waals surface area contributed by atoms with Gasteiger partial charge in [0.25, 0.3) is 5.91 Å². The third kappa shape index (κ3) is 3.11. The molecule has 1 N–H and O–H groups in total. The number of nitriles is 1. The van der Waals surface area contributed by atoms with Crippen LogP contribution >= 0.6 is 0 Å². The molecule has 1 amide bonds. The van der Waals surface area contributed by atoms with E-state index in [0.29, 0.717) is 18.4 Å². The minimum Gasteiger partial charge on any atom is -0.334 e. The number of carbonyl (C=O) groups is 1. The number of amides is 1. The summed E-state index contributed by atoms with van der Waals surface area (Å²) >= 11 is 0. The summed E-state index contributed by atoms with van der Waals surface area (Å²) in [7, 11) is 0. The molecule has 1 fully saturated rings. The number of hydrogen-bond donors (Lipinski definition) is 1. The van der Waals surface area contributed by atoms with Crippen molar-refractivity contribution in [2.45, 2.75) is 44.6 Å². The highest BCUT2D eigenvalue weighted by molar-refractivity contribution is 5.95. The summed E-state index contributed by atoms with van der Waals surface area (Å²) in [5.74, 6) is -0.800. The maximum Gasteiger partial charge on any atom is 0.252 e. The maximum absolute atomic E-state index is 13.3. The molecule has 0 heterocycles. The molecule has 1 aromatic carbocycles. The average Bonchev–Trinajstić information content (AvgIpc) is 2.38. The van der Waals surface area contributed by atoms with Crippen LogP contribution in [0.5, 0.6) is 0 Å². The van der Waals surface area contributed by atoms with Crippen LogP contribution in [-0.4, -0.2) is 11.4 Å². The smallest absolute Gasteiger partial charge is 0.252 e. The fraction of sp³-hybridized carbons (Fsp3) is 0.467. The molecule has 19 heavy (non-hydrogen) atoms. The third-order valence-corrected chi connectivity index (χ3v) is 3.58. The molecule has 2 rings (SSSR count). The van der Waals surface area contributed by atoms with E-state index in [0.717, 1.165) is 19.3 Å². The molecule has 3 nitrogen and oxygen atoms in total. The van der Waals surface area contributed by atoms with Crippen LogP contribution in [0.15, 0.2) is 18.2 Å².